The number of rotatable bonds is 8. The lowest BCUT2D eigenvalue weighted by Gasteiger charge is -2.24. The first-order valence-corrected chi connectivity index (χ1v) is 15.7. The van der Waals surface area contributed by atoms with Crippen LogP contribution in [0.1, 0.15) is 42.1 Å². The lowest BCUT2D eigenvalue weighted by Crippen LogP contribution is -2.39. The molecule has 45 heavy (non-hydrogen) atoms. The van der Waals surface area contributed by atoms with Crippen molar-refractivity contribution in [1.82, 2.24) is 4.57 Å². The summed E-state index contributed by atoms with van der Waals surface area (Å²) in [6, 6.07) is 24.8. The molecule has 0 fully saturated rings. The van der Waals surface area contributed by atoms with Gasteiger partial charge >= 0.3 is 5.97 Å². The number of nitrogens with zero attached hydrogens (tertiary/aromatic N) is 2. The van der Waals surface area contributed by atoms with Crippen LogP contribution in [0.5, 0.6) is 11.5 Å². The fraction of sp³-hybridized carbons (Fsp3) is 0.194. The highest BCUT2D eigenvalue weighted by Gasteiger charge is 2.33. The number of aryl methyl sites for hydroxylation is 1. The largest absolute Gasteiger partial charge is 0.493 e. The first-order valence-electron chi connectivity index (χ1n) is 14.5. The molecule has 1 aromatic heterocycles. The van der Waals surface area contributed by atoms with Crippen LogP contribution < -0.4 is 24.4 Å². The molecule has 0 saturated heterocycles. The van der Waals surface area contributed by atoms with Gasteiger partial charge in [-0.2, -0.15) is 0 Å². The van der Waals surface area contributed by atoms with Crippen LogP contribution in [0.2, 0.25) is 5.02 Å². The smallest absolute Gasteiger partial charge is 0.338 e. The van der Waals surface area contributed by atoms with Gasteiger partial charge in [0.2, 0.25) is 0 Å². The molecule has 9 heteroatoms. The van der Waals surface area contributed by atoms with Crippen molar-refractivity contribution in [3.8, 4) is 11.5 Å². The highest BCUT2D eigenvalue weighted by atomic mass is 35.5. The molecule has 0 amide bonds. The number of esters is 1. The number of carbonyl (C=O) groups is 1. The number of methoxy groups -OCH3 is 1. The Kier molecular flexibility index (Phi) is 8.61. The predicted molar refractivity (Wildman–Crippen MR) is 178 cm³/mol. The summed E-state index contributed by atoms with van der Waals surface area (Å²) in [6.07, 6.45) is 1.75. The molecule has 0 saturated carbocycles. The molecule has 4 aromatic carbocycles. The van der Waals surface area contributed by atoms with Crippen molar-refractivity contribution in [1.29, 1.82) is 0 Å². The third-order valence-corrected chi connectivity index (χ3v) is 8.98. The highest BCUT2D eigenvalue weighted by Crippen LogP contribution is 2.38. The Morgan fingerprint density at radius 3 is 2.56 bits per heavy atom. The maximum absolute atomic E-state index is 14.0. The van der Waals surface area contributed by atoms with Crippen molar-refractivity contribution < 1.29 is 19.0 Å². The average molecular weight is 639 g/mol. The van der Waals surface area contributed by atoms with Crippen molar-refractivity contribution in [2.75, 3.05) is 13.7 Å². The van der Waals surface area contributed by atoms with Crippen LogP contribution in [-0.4, -0.2) is 24.3 Å². The van der Waals surface area contributed by atoms with Crippen molar-refractivity contribution in [3.05, 3.63) is 137 Å². The normalized spacial score (nSPS) is 14.7. The van der Waals surface area contributed by atoms with E-state index in [2.05, 4.69) is 23.2 Å². The van der Waals surface area contributed by atoms with Gasteiger partial charge in [0.05, 0.1) is 40.6 Å². The van der Waals surface area contributed by atoms with E-state index in [0.29, 0.717) is 49.3 Å². The number of hydrogen-bond donors (Lipinski definition) is 0. The monoisotopic (exact) mass is 638 g/mol. The van der Waals surface area contributed by atoms with Crippen LogP contribution in [-0.2, 0) is 16.1 Å². The average Bonchev–Trinajstić information content (AvgIpc) is 3.33. The van der Waals surface area contributed by atoms with E-state index in [-0.39, 0.29) is 12.2 Å². The quantitative estimate of drug-likeness (QED) is 0.181. The topological polar surface area (TPSA) is 79.1 Å². The number of halogens is 1. The zero-order chi connectivity index (χ0) is 31.7. The van der Waals surface area contributed by atoms with E-state index in [1.807, 2.05) is 55.5 Å². The van der Waals surface area contributed by atoms with Crippen molar-refractivity contribution in [2.24, 2.45) is 4.99 Å². The number of allylic oxidation sites excluding steroid dienone is 1. The van der Waals surface area contributed by atoms with Crippen LogP contribution in [0.4, 0.5) is 0 Å². The lowest BCUT2D eigenvalue weighted by atomic mass is 9.95. The maximum atomic E-state index is 14.0. The number of thiazole rings is 1. The van der Waals surface area contributed by atoms with Gasteiger partial charge in [0, 0.05) is 0 Å². The molecule has 7 nitrogen and oxygen atoms in total. The van der Waals surface area contributed by atoms with Crippen LogP contribution in [0.25, 0.3) is 16.8 Å². The third-order valence-electron chi connectivity index (χ3n) is 7.71. The fourth-order valence-corrected chi connectivity index (χ4v) is 6.86. The number of carbonyl (C=O) groups excluding carboxylic acids is 1. The number of fused-ring (bicyclic) bond motifs is 2. The Morgan fingerprint density at radius 2 is 1.80 bits per heavy atom. The Labute approximate surface area is 269 Å². The zero-order valence-electron chi connectivity index (χ0n) is 25.3. The van der Waals surface area contributed by atoms with Crippen LogP contribution >= 0.6 is 22.9 Å². The van der Waals surface area contributed by atoms with Crippen LogP contribution in [0, 0.1) is 6.92 Å². The predicted octanol–water partition coefficient (Wildman–Crippen LogP) is 6.50. The first-order chi connectivity index (χ1) is 21.8. The van der Waals surface area contributed by atoms with Gasteiger partial charge in [0.15, 0.2) is 16.3 Å². The summed E-state index contributed by atoms with van der Waals surface area (Å²) in [5, 5.41) is 2.58. The van der Waals surface area contributed by atoms with Gasteiger partial charge in [0.1, 0.15) is 6.61 Å². The number of benzene rings is 4. The molecule has 0 radical (unpaired) electrons. The maximum Gasteiger partial charge on any atom is 0.338 e. The lowest BCUT2D eigenvalue weighted by molar-refractivity contribution is -0.139. The third kappa shape index (κ3) is 5.91. The van der Waals surface area contributed by atoms with E-state index in [1.54, 1.807) is 43.7 Å². The summed E-state index contributed by atoms with van der Waals surface area (Å²) < 4.78 is 19.2. The minimum atomic E-state index is -0.675. The summed E-state index contributed by atoms with van der Waals surface area (Å²) in [4.78, 5) is 32.3. The van der Waals surface area contributed by atoms with Gasteiger partial charge in [-0.3, -0.25) is 9.36 Å². The molecule has 1 atom stereocenters. The molecule has 0 unspecified atom stereocenters. The number of ether oxygens (including phenoxy) is 3. The number of aromatic nitrogens is 1. The van der Waals surface area contributed by atoms with E-state index >= 15 is 0 Å². The zero-order valence-corrected chi connectivity index (χ0v) is 26.9. The fourth-order valence-electron chi connectivity index (χ4n) is 5.54. The van der Waals surface area contributed by atoms with Gasteiger partial charge in [0.25, 0.3) is 5.56 Å². The van der Waals surface area contributed by atoms with E-state index < -0.39 is 12.0 Å². The van der Waals surface area contributed by atoms with Crippen molar-refractivity contribution in [2.45, 2.75) is 33.4 Å². The summed E-state index contributed by atoms with van der Waals surface area (Å²) in [5.74, 6) is 0.369. The second-order valence-electron chi connectivity index (χ2n) is 10.7. The SMILES string of the molecule is CCOC(=O)C1=C(C)N=c2s/c(=C/c3cc(Cl)c(OCc4cccc5ccccc45)c(OC)c3)c(=O)n2[C@H]1c1ccc(C)cc1. The van der Waals surface area contributed by atoms with Crippen molar-refractivity contribution >= 4 is 45.8 Å². The van der Waals surface area contributed by atoms with E-state index in [1.165, 1.54) is 11.3 Å². The Balaban J connectivity index is 1.39. The van der Waals surface area contributed by atoms with Gasteiger partial charge in [-0.15, -0.1) is 0 Å². The molecule has 5 aromatic rings. The number of hydrogen-bond acceptors (Lipinski definition) is 7. The first kappa shape index (κ1) is 30.4. The molecule has 6 rings (SSSR count). The Bertz CT molecular complexity index is 2140. The summed E-state index contributed by atoms with van der Waals surface area (Å²) in [6.45, 7) is 6.03. The molecule has 0 spiro atoms. The molecular formula is C36H31ClN2O5S. The van der Waals surface area contributed by atoms with Crippen LogP contribution in [0.3, 0.4) is 0 Å². The molecule has 1 aliphatic rings. The van der Waals surface area contributed by atoms with E-state index in [4.69, 9.17) is 25.8 Å². The summed E-state index contributed by atoms with van der Waals surface area (Å²) in [5.41, 5.74) is 4.14. The Hall–Kier alpha value is -4.66. The molecule has 0 aliphatic carbocycles. The molecule has 0 bridgehead atoms. The molecule has 1 aliphatic heterocycles. The second-order valence-corrected chi connectivity index (χ2v) is 12.1. The van der Waals surface area contributed by atoms with Gasteiger partial charge in [-0.05, 0) is 66.4 Å². The standard InChI is InChI=1S/C36H31ClN2O5S/c1-5-43-35(41)31-22(3)38-36-39(32(31)25-15-13-21(2)14-16-25)34(40)30(45-36)19-23-17-28(37)33(29(18-23)42-4)44-20-26-11-8-10-24-9-6-7-12-27(24)26/h6-19,32H,5,20H2,1-4H3/b30-19+/t32-/m0/s1. The highest BCUT2D eigenvalue weighted by molar-refractivity contribution is 7.07. The molecule has 0 N–H and O–H groups in total. The summed E-state index contributed by atoms with van der Waals surface area (Å²) in [7, 11) is 1.55. The minimum absolute atomic E-state index is 0.213. The van der Waals surface area contributed by atoms with Crippen molar-refractivity contribution in [3.63, 3.8) is 0 Å². The minimum Gasteiger partial charge on any atom is -0.493 e. The molecular weight excluding hydrogens is 608 g/mol. The molecule has 228 valence electrons. The van der Waals surface area contributed by atoms with Gasteiger partial charge in [-0.1, -0.05) is 95.2 Å². The molecule has 2 heterocycles. The van der Waals surface area contributed by atoms with E-state index in [0.717, 1.165) is 27.5 Å². The van der Waals surface area contributed by atoms with Gasteiger partial charge in [-0.25, -0.2) is 9.79 Å². The Morgan fingerprint density at radius 1 is 1.04 bits per heavy atom. The van der Waals surface area contributed by atoms with Gasteiger partial charge < -0.3 is 14.2 Å². The second kappa shape index (κ2) is 12.8. The van der Waals surface area contributed by atoms with Crippen LogP contribution in [0.15, 0.2) is 99.9 Å². The van der Waals surface area contributed by atoms with E-state index in [9.17, 15) is 9.59 Å². The summed E-state index contributed by atoms with van der Waals surface area (Å²) >= 11 is 7.99.